The summed E-state index contributed by atoms with van der Waals surface area (Å²) in [6.45, 7) is 5.83. The average Bonchev–Trinajstić information content (AvgIpc) is 2.72. The molecule has 3 rings (SSSR count). The number of carbonyl (C=O) groups is 2. The summed E-state index contributed by atoms with van der Waals surface area (Å²) in [6, 6.07) is 10.8. The Morgan fingerprint density at radius 1 is 1.03 bits per heavy atom. The van der Waals surface area contributed by atoms with Gasteiger partial charge in [0.25, 0.3) is 5.91 Å². The van der Waals surface area contributed by atoms with Gasteiger partial charge in [-0.2, -0.15) is 13.2 Å². The number of halogens is 4. The third kappa shape index (κ3) is 6.63. The summed E-state index contributed by atoms with van der Waals surface area (Å²) in [5.41, 5.74) is -0.425. The largest absolute Gasteiger partial charge is 0.444 e. The molecular formula is C24H26ClF3N2O3. The third-order valence-corrected chi connectivity index (χ3v) is 5.61. The number of hydrogen-bond donors (Lipinski definition) is 1. The normalized spacial score (nSPS) is 19.2. The number of nitrogens with one attached hydrogen (secondary N) is 1. The first-order chi connectivity index (χ1) is 15.3. The van der Waals surface area contributed by atoms with E-state index in [1.807, 2.05) is 0 Å². The molecule has 5 nitrogen and oxygen atoms in total. The van der Waals surface area contributed by atoms with Crippen molar-refractivity contribution in [2.45, 2.75) is 50.9 Å². The molecule has 2 aromatic rings. The van der Waals surface area contributed by atoms with Gasteiger partial charge in [-0.1, -0.05) is 23.7 Å². The first-order valence-electron chi connectivity index (χ1n) is 10.5. The van der Waals surface area contributed by atoms with Crippen LogP contribution in [-0.4, -0.2) is 41.6 Å². The third-order valence-electron chi connectivity index (χ3n) is 5.35. The van der Waals surface area contributed by atoms with E-state index in [1.54, 1.807) is 45.0 Å². The Bertz CT molecular complexity index is 986. The van der Waals surface area contributed by atoms with Crippen molar-refractivity contribution in [2.24, 2.45) is 0 Å². The molecule has 1 aliphatic rings. The molecule has 1 fully saturated rings. The number of rotatable bonds is 3. The minimum atomic E-state index is -4.45. The molecule has 0 bridgehead atoms. The Hall–Kier alpha value is -2.74. The highest BCUT2D eigenvalue weighted by molar-refractivity contribution is 6.30. The topological polar surface area (TPSA) is 58.6 Å². The molecule has 2 amide bonds. The highest BCUT2D eigenvalue weighted by Gasteiger charge is 2.36. The molecule has 9 heteroatoms. The average molecular weight is 483 g/mol. The summed E-state index contributed by atoms with van der Waals surface area (Å²) < 4.78 is 44.5. The lowest BCUT2D eigenvalue weighted by Crippen LogP contribution is -2.52. The lowest BCUT2D eigenvalue weighted by Gasteiger charge is -2.39. The summed E-state index contributed by atoms with van der Waals surface area (Å²) in [7, 11) is 0. The number of carbonyl (C=O) groups excluding carboxylic acids is 2. The summed E-state index contributed by atoms with van der Waals surface area (Å²) in [6.07, 6.45) is -4.53. The van der Waals surface area contributed by atoms with E-state index in [9.17, 15) is 22.8 Å². The molecule has 1 saturated heterocycles. The molecule has 0 unspecified atom stereocenters. The van der Waals surface area contributed by atoms with Crippen molar-refractivity contribution in [3.63, 3.8) is 0 Å². The van der Waals surface area contributed by atoms with Crippen LogP contribution in [0.4, 0.5) is 18.0 Å². The van der Waals surface area contributed by atoms with E-state index in [-0.39, 0.29) is 18.5 Å². The number of alkyl halides is 3. The van der Waals surface area contributed by atoms with Crippen molar-refractivity contribution in [1.82, 2.24) is 10.2 Å². The number of piperidine rings is 1. The van der Waals surface area contributed by atoms with Crippen LogP contribution in [0.3, 0.4) is 0 Å². The number of nitrogens with zero attached hydrogens (tertiary/aromatic N) is 1. The van der Waals surface area contributed by atoms with Gasteiger partial charge in [-0.3, -0.25) is 4.79 Å². The molecule has 0 radical (unpaired) electrons. The fourth-order valence-electron chi connectivity index (χ4n) is 3.73. The second kappa shape index (κ2) is 9.63. The van der Waals surface area contributed by atoms with Gasteiger partial charge in [-0.05, 0) is 69.2 Å². The van der Waals surface area contributed by atoms with Gasteiger partial charge >= 0.3 is 12.3 Å². The summed E-state index contributed by atoms with van der Waals surface area (Å²) in [5, 5.41) is 3.47. The van der Waals surface area contributed by atoms with Crippen molar-refractivity contribution in [2.75, 3.05) is 13.1 Å². The number of amides is 2. The lowest BCUT2D eigenvalue weighted by molar-refractivity contribution is -0.137. The van der Waals surface area contributed by atoms with E-state index in [2.05, 4.69) is 5.32 Å². The molecule has 2 atom stereocenters. The maximum Gasteiger partial charge on any atom is 0.416 e. The molecular weight excluding hydrogens is 457 g/mol. The van der Waals surface area contributed by atoms with Crippen LogP contribution in [0.25, 0.3) is 0 Å². The van der Waals surface area contributed by atoms with Crippen molar-refractivity contribution in [3.8, 4) is 0 Å². The molecule has 1 heterocycles. The predicted molar refractivity (Wildman–Crippen MR) is 119 cm³/mol. The Morgan fingerprint density at radius 2 is 1.64 bits per heavy atom. The number of ether oxygens (including phenoxy) is 1. The SMILES string of the molecule is CC(C)(C)OC(=O)N1CC[C@@H](NC(=O)c2ccc(Cl)cc2)[C@H](c2ccc(C(F)(F)F)cc2)C1. The molecule has 0 saturated carbocycles. The van der Waals surface area contributed by atoms with E-state index in [0.29, 0.717) is 29.1 Å². The Kier molecular flexibility index (Phi) is 7.26. The van der Waals surface area contributed by atoms with Crippen LogP contribution < -0.4 is 5.32 Å². The zero-order valence-corrected chi connectivity index (χ0v) is 19.3. The Labute approximate surface area is 195 Å². The Balaban J connectivity index is 1.84. The lowest BCUT2D eigenvalue weighted by atomic mass is 9.85. The van der Waals surface area contributed by atoms with Gasteiger partial charge in [0.15, 0.2) is 0 Å². The minimum Gasteiger partial charge on any atom is -0.444 e. The fourth-order valence-corrected chi connectivity index (χ4v) is 3.85. The molecule has 33 heavy (non-hydrogen) atoms. The van der Waals surface area contributed by atoms with Gasteiger partial charge in [-0.15, -0.1) is 0 Å². The maximum absolute atomic E-state index is 13.0. The van der Waals surface area contributed by atoms with Crippen molar-refractivity contribution in [1.29, 1.82) is 0 Å². The van der Waals surface area contributed by atoms with Gasteiger partial charge < -0.3 is 15.0 Å². The van der Waals surface area contributed by atoms with Crippen molar-refractivity contribution in [3.05, 3.63) is 70.2 Å². The second-order valence-corrected chi connectivity index (χ2v) is 9.46. The van der Waals surface area contributed by atoms with Crippen LogP contribution in [0.1, 0.15) is 54.6 Å². The predicted octanol–water partition coefficient (Wildman–Crippen LogP) is 5.88. The number of likely N-dealkylation sites (tertiary alicyclic amines) is 1. The zero-order chi connectivity index (χ0) is 24.4. The van der Waals surface area contributed by atoms with Gasteiger partial charge in [0.05, 0.1) is 5.56 Å². The first kappa shape index (κ1) is 24.9. The quantitative estimate of drug-likeness (QED) is 0.594. The smallest absolute Gasteiger partial charge is 0.416 e. The number of hydrogen-bond acceptors (Lipinski definition) is 3. The second-order valence-electron chi connectivity index (χ2n) is 9.03. The molecule has 0 aromatic heterocycles. The van der Waals surface area contributed by atoms with Crippen LogP contribution in [0, 0.1) is 0 Å². The highest BCUT2D eigenvalue weighted by Crippen LogP contribution is 2.33. The first-order valence-corrected chi connectivity index (χ1v) is 10.9. The van der Waals surface area contributed by atoms with Crippen LogP contribution in [-0.2, 0) is 10.9 Å². The summed E-state index contributed by atoms with van der Waals surface area (Å²) in [5.74, 6) is -0.732. The monoisotopic (exact) mass is 482 g/mol. The summed E-state index contributed by atoms with van der Waals surface area (Å²) >= 11 is 5.89. The van der Waals surface area contributed by atoms with Gasteiger partial charge in [0.2, 0.25) is 0 Å². The van der Waals surface area contributed by atoms with Crippen LogP contribution in [0.15, 0.2) is 48.5 Å². The minimum absolute atomic E-state index is 0.200. The van der Waals surface area contributed by atoms with Crippen LogP contribution in [0.5, 0.6) is 0 Å². The zero-order valence-electron chi connectivity index (χ0n) is 18.6. The molecule has 0 spiro atoms. The van der Waals surface area contributed by atoms with E-state index < -0.39 is 29.4 Å². The van der Waals surface area contributed by atoms with E-state index in [4.69, 9.17) is 16.3 Å². The Morgan fingerprint density at radius 3 is 2.18 bits per heavy atom. The van der Waals surface area contributed by atoms with Crippen LogP contribution in [0.2, 0.25) is 5.02 Å². The molecule has 1 aliphatic heterocycles. The maximum atomic E-state index is 13.0. The van der Waals surface area contributed by atoms with Gasteiger partial charge in [0, 0.05) is 35.6 Å². The van der Waals surface area contributed by atoms with Crippen LogP contribution >= 0.6 is 11.6 Å². The van der Waals surface area contributed by atoms with E-state index in [0.717, 1.165) is 12.1 Å². The summed E-state index contributed by atoms with van der Waals surface area (Å²) in [4.78, 5) is 26.9. The molecule has 2 aromatic carbocycles. The van der Waals surface area contributed by atoms with Crippen molar-refractivity contribution >= 4 is 23.6 Å². The molecule has 1 N–H and O–H groups in total. The number of benzene rings is 2. The van der Waals surface area contributed by atoms with E-state index >= 15 is 0 Å². The van der Waals surface area contributed by atoms with Gasteiger partial charge in [-0.25, -0.2) is 4.79 Å². The standard InChI is InChI=1S/C24H26ClF3N2O3/c1-23(2,3)33-22(32)30-13-12-20(29-21(31)16-6-10-18(25)11-7-16)19(14-30)15-4-8-17(9-5-15)24(26,27)28/h4-11,19-20H,12-14H2,1-3H3,(H,29,31)/t19-,20+/m0/s1. The van der Waals surface area contributed by atoms with E-state index in [1.165, 1.54) is 17.0 Å². The molecule has 178 valence electrons. The van der Waals surface area contributed by atoms with Crippen molar-refractivity contribution < 1.29 is 27.5 Å². The fraction of sp³-hybridized carbons (Fsp3) is 0.417. The molecule has 0 aliphatic carbocycles. The highest BCUT2D eigenvalue weighted by atomic mass is 35.5. The van der Waals surface area contributed by atoms with Gasteiger partial charge in [0.1, 0.15) is 5.60 Å².